The molecule has 0 saturated heterocycles. The van der Waals surface area contributed by atoms with Crippen molar-refractivity contribution in [3.63, 3.8) is 0 Å². The van der Waals surface area contributed by atoms with E-state index in [-0.39, 0.29) is 11.8 Å². The Hall–Kier alpha value is -1.42. The predicted molar refractivity (Wildman–Crippen MR) is 73.5 cm³/mol. The highest BCUT2D eigenvalue weighted by Gasteiger charge is 2.16. The summed E-state index contributed by atoms with van der Waals surface area (Å²) in [6, 6.07) is 6.98. The molecule has 1 rings (SSSR count). The molecule has 0 fully saturated rings. The second-order valence-electron chi connectivity index (χ2n) is 4.25. The molecular weight excluding hydrogens is 248 g/mol. The van der Waals surface area contributed by atoms with Crippen molar-refractivity contribution < 1.29 is 13.5 Å². The number of hydrogen-bond acceptors (Lipinski definition) is 2. The molecule has 0 aliphatic rings. The summed E-state index contributed by atoms with van der Waals surface area (Å²) in [6.45, 7) is 3.67. The summed E-state index contributed by atoms with van der Waals surface area (Å²) in [5.41, 5.74) is 0.786. The lowest BCUT2D eigenvalue weighted by atomic mass is 10.00. The molecule has 0 bridgehead atoms. The van der Waals surface area contributed by atoms with Crippen LogP contribution in [0.4, 0.5) is 8.78 Å². The fourth-order valence-electron chi connectivity index (χ4n) is 2.05. The maximum Gasteiger partial charge on any atom is 0.387 e. The van der Waals surface area contributed by atoms with Gasteiger partial charge in [0.2, 0.25) is 0 Å². The van der Waals surface area contributed by atoms with Gasteiger partial charge in [-0.05, 0) is 31.9 Å². The molecule has 0 heterocycles. The first kappa shape index (κ1) is 15.6. The first-order valence-electron chi connectivity index (χ1n) is 6.57. The van der Waals surface area contributed by atoms with E-state index in [0.29, 0.717) is 0 Å². The molecule has 2 nitrogen and oxygen atoms in total. The molecule has 106 valence electrons. The number of allylic oxidation sites excluding steroid dienone is 1. The molecule has 0 radical (unpaired) electrons. The van der Waals surface area contributed by atoms with Gasteiger partial charge in [0.1, 0.15) is 5.75 Å². The van der Waals surface area contributed by atoms with E-state index in [4.69, 9.17) is 0 Å². The van der Waals surface area contributed by atoms with E-state index in [1.165, 1.54) is 0 Å². The molecule has 1 unspecified atom stereocenters. The van der Waals surface area contributed by atoms with Crippen LogP contribution < -0.4 is 10.1 Å². The third-order valence-electron chi connectivity index (χ3n) is 2.86. The Morgan fingerprint density at radius 1 is 1.37 bits per heavy atom. The normalized spacial score (nSPS) is 12.4. The summed E-state index contributed by atoms with van der Waals surface area (Å²) in [6.07, 6.45) is 4.61. The van der Waals surface area contributed by atoms with Crippen LogP contribution in [-0.2, 0) is 0 Å². The summed E-state index contributed by atoms with van der Waals surface area (Å²) < 4.78 is 29.4. The first-order chi connectivity index (χ1) is 9.19. The average molecular weight is 269 g/mol. The zero-order valence-corrected chi connectivity index (χ0v) is 11.2. The van der Waals surface area contributed by atoms with Crippen molar-refractivity contribution in [3.05, 3.63) is 42.5 Å². The van der Waals surface area contributed by atoms with Gasteiger partial charge in [-0.15, -0.1) is 6.58 Å². The van der Waals surface area contributed by atoms with Crippen LogP contribution in [-0.4, -0.2) is 13.2 Å². The molecule has 0 aliphatic carbocycles. The summed E-state index contributed by atoms with van der Waals surface area (Å²) >= 11 is 0. The molecule has 0 amide bonds. The van der Waals surface area contributed by atoms with Crippen molar-refractivity contribution in [2.24, 2.45) is 0 Å². The second kappa shape index (κ2) is 8.64. The molecule has 0 aromatic heterocycles. The van der Waals surface area contributed by atoms with Gasteiger partial charge in [0.05, 0.1) is 0 Å². The number of ether oxygens (including phenoxy) is 1. The SMILES string of the molecule is C=CCCCC(NCC)c1ccccc1OC(F)F. The Kier molecular flexibility index (Phi) is 7.11. The van der Waals surface area contributed by atoms with Crippen LogP contribution >= 0.6 is 0 Å². The lowest BCUT2D eigenvalue weighted by Gasteiger charge is -2.21. The minimum absolute atomic E-state index is 0.0277. The van der Waals surface area contributed by atoms with Crippen molar-refractivity contribution in [3.8, 4) is 5.75 Å². The van der Waals surface area contributed by atoms with Gasteiger partial charge in [0.25, 0.3) is 0 Å². The highest BCUT2D eigenvalue weighted by Crippen LogP contribution is 2.29. The van der Waals surface area contributed by atoms with Crippen molar-refractivity contribution in [1.82, 2.24) is 5.32 Å². The topological polar surface area (TPSA) is 21.3 Å². The van der Waals surface area contributed by atoms with Crippen LogP contribution in [0.15, 0.2) is 36.9 Å². The van der Waals surface area contributed by atoms with E-state index >= 15 is 0 Å². The monoisotopic (exact) mass is 269 g/mol. The first-order valence-corrected chi connectivity index (χ1v) is 6.57. The fourth-order valence-corrected chi connectivity index (χ4v) is 2.05. The van der Waals surface area contributed by atoms with Crippen LogP contribution in [0.25, 0.3) is 0 Å². The maximum absolute atomic E-state index is 12.4. The van der Waals surface area contributed by atoms with Crippen molar-refractivity contribution in [2.75, 3.05) is 6.54 Å². The third kappa shape index (κ3) is 5.39. The molecule has 0 aliphatic heterocycles. The average Bonchev–Trinajstić information content (AvgIpc) is 2.38. The number of hydrogen-bond donors (Lipinski definition) is 1. The summed E-state index contributed by atoms with van der Waals surface area (Å²) in [4.78, 5) is 0. The molecule has 1 atom stereocenters. The Balaban J connectivity index is 2.84. The number of benzene rings is 1. The number of halogens is 2. The molecule has 0 saturated carbocycles. The highest BCUT2D eigenvalue weighted by molar-refractivity contribution is 5.36. The summed E-state index contributed by atoms with van der Waals surface area (Å²) in [5.74, 6) is 0.252. The van der Waals surface area contributed by atoms with Crippen LogP contribution in [0.1, 0.15) is 37.8 Å². The van der Waals surface area contributed by atoms with E-state index in [9.17, 15) is 8.78 Å². The predicted octanol–water partition coefficient (Wildman–Crippen LogP) is 4.29. The van der Waals surface area contributed by atoms with Crippen LogP contribution in [0.5, 0.6) is 5.75 Å². The highest BCUT2D eigenvalue weighted by atomic mass is 19.3. The van der Waals surface area contributed by atoms with E-state index in [1.54, 1.807) is 12.1 Å². The molecular formula is C15H21F2NO. The Morgan fingerprint density at radius 2 is 2.11 bits per heavy atom. The van der Waals surface area contributed by atoms with E-state index in [2.05, 4.69) is 16.6 Å². The Labute approximate surface area is 113 Å². The molecule has 0 spiro atoms. The molecule has 1 N–H and O–H groups in total. The van der Waals surface area contributed by atoms with Crippen LogP contribution in [0, 0.1) is 0 Å². The van der Waals surface area contributed by atoms with E-state index in [1.807, 2.05) is 25.1 Å². The van der Waals surface area contributed by atoms with E-state index in [0.717, 1.165) is 31.4 Å². The third-order valence-corrected chi connectivity index (χ3v) is 2.86. The summed E-state index contributed by atoms with van der Waals surface area (Å²) in [7, 11) is 0. The minimum atomic E-state index is -2.79. The second-order valence-corrected chi connectivity index (χ2v) is 4.25. The molecule has 1 aromatic carbocycles. The molecule has 4 heteroatoms. The van der Waals surface area contributed by atoms with Gasteiger partial charge in [-0.25, -0.2) is 0 Å². The maximum atomic E-state index is 12.4. The van der Waals surface area contributed by atoms with Gasteiger partial charge in [0.15, 0.2) is 0 Å². The fraction of sp³-hybridized carbons (Fsp3) is 0.467. The van der Waals surface area contributed by atoms with E-state index < -0.39 is 6.61 Å². The number of para-hydroxylation sites is 1. The van der Waals surface area contributed by atoms with Gasteiger partial charge >= 0.3 is 6.61 Å². The van der Waals surface area contributed by atoms with Gasteiger partial charge in [-0.2, -0.15) is 8.78 Å². The number of nitrogens with one attached hydrogen (secondary N) is 1. The van der Waals surface area contributed by atoms with Gasteiger partial charge in [0, 0.05) is 11.6 Å². The van der Waals surface area contributed by atoms with Crippen molar-refractivity contribution in [1.29, 1.82) is 0 Å². The van der Waals surface area contributed by atoms with Crippen LogP contribution in [0.3, 0.4) is 0 Å². The quantitative estimate of drug-likeness (QED) is 0.533. The Morgan fingerprint density at radius 3 is 2.74 bits per heavy atom. The standard InChI is InChI=1S/C15H21F2NO/c1-3-5-6-10-13(18-4-2)12-9-7-8-11-14(12)19-15(16)17/h3,7-9,11,13,15,18H,1,4-6,10H2,2H3. The van der Waals surface area contributed by atoms with Gasteiger partial charge in [-0.3, -0.25) is 0 Å². The largest absolute Gasteiger partial charge is 0.434 e. The number of rotatable bonds is 9. The lowest BCUT2D eigenvalue weighted by Crippen LogP contribution is -2.22. The zero-order chi connectivity index (χ0) is 14.1. The lowest BCUT2D eigenvalue weighted by molar-refractivity contribution is -0.0507. The smallest absolute Gasteiger partial charge is 0.387 e. The molecule has 1 aromatic rings. The zero-order valence-electron chi connectivity index (χ0n) is 11.2. The molecule has 19 heavy (non-hydrogen) atoms. The Bertz CT molecular complexity index is 382. The van der Waals surface area contributed by atoms with Crippen molar-refractivity contribution in [2.45, 2.75) is 38.8 Å². The summed E-state index contributed by atoms with van der Waals surface area (Å²) in [5, 5.41) is 3.31. The minimum Gasteiger partial charge on any atom is -0.434 e. The number of alkyl halides is 2. The van der Waals surface area contributed by atoms with Crippen molar-refractivity contribution >= 4 is 0 Å². The van der Waals surface area contributed by atoms with Crippen LogP contribution in [0.2, 0.25) is 0 Å². The number of unbranched alkanes of at least 4 members (excludes halogenated alkanes) is 1. The van der Waals surface area contributed by atoms with Gasteiger partial charge in [-0.1, -0.05) is 31.2 Å². The van der Waals surface area contributed by atoms with Gasteiger partial charge < -0.3 is 10.1 Å².